The van der Waals surface area contributed by atoms with E-state index in [0.717, 1.165) is 23.1 Å². The fourth-order valence-electron chi connectivity index (χ4n) is 2.56. The van der Waals surface area contributed by atoms with E-state index in [2.05, 4.69) is 25.7 Å². The number of esters is 1. The van der Waals surface area contributed by atoms with Gasteiger partial charge in [-0.1, -0.05) is 41.2 Å². The van der Waals surface area contributed by atoms with Gasteiger partial charge in [0.05, 0.1) is 26.1 Å². The summed E-state index contributed by atoms with van der Waals surface area (Å²) in [5, 5.41) is 0. The van der Waals surface area contributed by atoms with E-state index in [1.807, 2.05) is 30.3 Å². The summed E-state index contributed by atoms with van der Waals surface area (Å²) in [6.45, 7) is 4.19. The zero-order chi connectivity index (χ0) is 17.5. The number of hydrogen-bond donors (Lipinski definition) is 0. The number of benzene rings is 1. The number of carbonyl (C=O) groups excluding carboxylic acids is 1. The summed E-state index contributed by atoms with van der Waals surface area (Å²) in [6.07, 6.45) is 2.85. The fraction of sp³-hybridized carbons (Fsp3) is 0.286. The van der Waals surface area contributed by atoms with Crippen LogP contribution in [-0.2, 0) is 14.3 Å². The minimum absolute atomic E-state index is 0.404. The van der Waals surface area contributed by atoms with Gasteiger partial charge in [-0.2, -0.15) is 0 Å². The Labute approximate surface area is 143 Å². The molecule has 0 atom stereocenters. The third kappa shape index (κ3) is 4.17. The van der Waals surface area contributed by atoms with Crippen molar-refractivity contribution in [2.45, 2.75) is 26.7 Å². The molecular weight excluding hydrogens is 300 g/mol. The predicted molar refractivity (Wildman–Crippen MR) is 95.1 cm³/mol. The van der Waals surface area contributed by atoms with Crippen molar-refractivity contribution < 1.29 is 14.3 Å². The highest BCUT2D eigenvalue weighted by atomic mass is 16.5. The number of carbonyl (C=O) groups is 1. The summed E-state index contributed by atoms with van der Waals surface area (Å²) in [7, 11) is 2.90. The van der Waals surface area contributed by atoms with Crippen LogP contribution in [0.15, 0.2) is 64.5 Å². The highest BCUT2D eigenvalue weighted by molar-refractivity contribution is 5.94. The van der Waals surface area contributed by atoms with Crippen molar-refractivity contribution >= 4 is 5.97 Å². The number of hydrogen-bond acceptors (Lipinski definition) is 3. The molecule has 124 valence electrons. The van der Waals surface area contributed by atoms with Gasteiger partial charge < -0.3 is 9.47 Å². The quantitative estimate of drug-likeness (QED) is 0.275. The second-order valence-corrected chi connectivity index (χ2v) is 5.75. The van der Waals surface area contributed by atoms with Crippen LogP contribution < -0.4 is 0 Å². The Balaban J connectivity index is 2.49. The molecule has 0 aromatic heterocycles. The van der Waals surface area contributed by atoms with Crippen molar-refractivity contribution in [3.8, 4) is 11.8 Å². The predicted octanol–water partition coefficient (Wildman–Crippen LogP) is 4.17. The van der Waals surface area contributed by atoms with Crippen LogP contribution in [0, 0.1) is 11.8 Å². The lowest BCUT2D eigenvalue weighted by Gasteiger charge is -2.21. The molecule has 0 radical (unpaired) electrons. The topological polar surface area (TPSA) is 35.5 Å². The first-order valence-electron chi connectivity index (χ1n) is 7.82. The molecule has 0 unspecified atom stereocenters. The van der Waals surface area contributed by atoms with Crippen LogP contribution in [0.25, 0.3) is 0 Å². The maximum Gasteiger partial charge on any atom is 0.341 e. The van der Waals surface area contributed by atoms with Crippen LogP contribution in [0.2, 0.25) is 0 Å². The largest absolute Gasteiger partial charge is 0.503 e. The normalized spacial score (nSPS) is 14.9. The zero-order valence-corrected chi connectivity index (χ0v) is 14.6. The Bertz CT molecular complexity index is 768. The number of ether oxygens (including phenoxy) is 2. The summed E-state index contributed by atoms with van der Waals surface area (Å²) in [4.78, 5) is 12.1. The van der Waals surface area contributed by atoms with Gasteiger partial charge in [-0.15, -0.1) is 0 Å². The van der Waals surface area contributed by atoms with Gasteiger partial charge in [-0.25, -0.2) is 4.79 Å². The Morgan fingerprint density at radius 1 is 1.04 bits per heavy atom. The Morgan fingerprint density at radius 3 is 2.33 bits per heavy atom. The summed E-state index contributed by atoms with van der Waals surface area (Å²) < 4.78 is 10.00. The van der Waals surface area contributed by atoms with E-state index in [9.17, 15) is 4.79 Å². The van der Waals surface area contributed by atoms with Crippen LogP contribution in [-0.4, -0.2) is 20.2 Å². The molecule has 0 aliphatic heterocycles. The standard InChI is InChI=1S/C21H22O3/c1-15-12-18(11-10-17-8-6-5-7-9-17)19(13-16(15)2)20(14-23-3)21(22)24-4/h5-9,14H,12-13H2,1-4H3/b20-14-. The average molecular weight is 322 g/mol. The molecule has 1 aliphatic carbocycles. The zero-order valence-electron chi connectivity index (χ0n) is 14.6. The molecule has 0 heterocycles. The maximum atomic E-state index is 12.1. The first-order valence-corrected chi connectivity index (χ1v) is 7.82. The molecule has 0 bridgehead atoms. The molecule has 0 saturated heterocycles. The molecule has 0 N–H and O–H groups in total. The first kappa shape index (κ1) is 17.6. The summed E-state index contributed by atoms with van der Waals surface area (Å²) in [5.41, 5.74) is 5.75. The lowest BCUT2D eigenvalue weighted by atomic mass is 9.84. The molecule has 0 fully saturated rings. The van der Waals surface area contributed by atoms with E-state index < -0.39 is 5.97 Å². The second-order valence-electron chi connectivity index (χ2n) is 5.75. The minimum atomic E-state index is -0.404. The third-order valence-corrected chi connectivity index (χ3v) is 4.07. The van der Waals surface area contributed by atoms with E-state index in [4.69, 9.17) is 9.47 Å². The summed E-state index contributed by atoms with van der Waals surface area (Å²) in [5.74, 6) is 6.03. The van der Waals surface area contributed by atoms with Gasteiger partial charge in [0, 0.05) is 17.6 Å². The number of allylic oxidation sites excluding steroid dienone is 3. The van der Waals surface area contributed by atoms with Crippen LogP contribution in [0.1, 0.15) is 32.3 Å². The highest BCUT2D eigenvalue weighted by Crippen LogP contribution is 2.34. The van der Waals surface area contributed by atoms with E-state index in [0.29, 0.717) is 12.0 Å². The van der Waals surface area contributed by atoms with Gasteiger partial charge in [0.2, 0.25) is 0 Å². The van der Waals surface area contributed by atoms with Crippen molar-refractivity contribution in [3.63, 3.8) is 0 Å². The second kappa shape index (κ2) is 8.21. The smallest absolute Gasteiger partial charge is 0.341 e. The molecule has 3 heteroatoms. The molecular formula is C21H22O3. The summed E-state index contributed by atoms with van der Waals surface area (Å²) in [6, 6.07) is 9.82. The van der Waals surface area contributed by atoms with Gasteiger partial charge in [-0.05, 0) is 38.0 Å². The maximum absolute atomic E-state index is 12.1. The van der Waals surface area contributed by atoms with Gasteiger partial charge in [0.25, 0.3) is 0 Å². The van der Waals surface area contributed by atoms with Crippen molar-refractivity contribution in [2.75, 3.05) is 14.2 Å². The molecule has 0 amide bonds. The van der Waals surface area contributed by atoms with Gasteiger partial charge >= 0.3 is 5.97 Å². The van der Waals surface area contributed by atoms with Crippen molar-refractivity contribution in [2.24, 2.45) is 0 Å². The van der Waals surface area contributed by atoms with Gasteiger partial charge in [0.1, 0.15) is 0 Å². The molecule has 3 nitrogen and oxygen atoms in total. The van der Waals surface area contributed by atoms with Crippen molar-refractivity contribution in [3.05, 3.63) is 70.0 Å². The van der Waals surface area contributed by atoms with Crippen molar-refractivity contribution in [1.29, 1.82) is 0 Å². The third-order valence-electron chi connectivity index (χ3n) is 4.07. The molecule has 1 aromatic carbocycles. The molecule has 2 rings (SSSR count). The number of methoxy groups -OCH3 is 2. The van der Waals surface area contributed by atoms with E-state index in [-0.39, 0.29) is 0 Å². The van der Waals surface area contributed by atoms with Crippen LogP contribution in [0.5, 0.6) is 0 Å². The SMILES string of the molecule is CO/C=C(\C(=O)OC)C1=C(C#Cc2ccccc2)CC(C)=C(C)C1. The average Bonchev–Trinajstić information content (AvgIpc) is 2.60. The van der Waals surface area contributed by atoms with E-state index in [1.54, 1.807) is 0 Å². The van der Waals surface area contributed by atoms with Crippen LogP contribution in [0.3, 0.4) is 0 Å². The van der Waals surface area contributed by atoms with Crippen molar-refractivity contribution in [1.82, 2.24) is 0 Å². The van der Waals surface area contributed by atoms with Gasteiger partial charge in [0.15, 0.2) is 0 Å². The fourth-order valence-corrected chi connectivity index (χ4v) is 2.56. The molecule has 1 aromatic rings. The first-order chi connectivity index (χ1) is 11.6. The molecule has 0 spiro atoms. The van der Waals surface area contributed by atoms with Crippen LogP contribution in [0.4, 0.5) is 0 Å². The lowest BCUT2D eigenvalue weighted by molar-refractivity contribution is -0.136. The highest BCUT2D eigenvalue weighted by Gasteiger charge is 2.23. The Morgan fingerprint density at radius 2 is 1.71 bits per heavy atom. The van der Waals surface area contributed by atoms with E-state index in [1.165, 1.54) is 31.6 Å². The lowest BCUT2D eigenvalue weighted by Crippen LogP contribution is -2.13. The Kier molecular flexibility index (Phi) is 6.03. The molecule has 24 heavy (non-hydrogen) atoms. The molecule has 0 saturated carbocycles. The van der Waals surface area contributed by atoms with Crippen LogP contribution >= 0.6 is 0 Å². The molecule has 1 aliphatic rings. The van der Waals surface area contributed by atoms with Gasteiger partial charge in [-0.3, -0.25) is 0 Å². The number of rotatable bonds is 3. The van der Waals surface area contributed by atoms with E-state index >= 15 is 0 Å². The monoisotopic (exact) mass is 322 g/mol. The summed E-state index contributed by atoms with van der Waals surface area (Å²) >= 11 is 0. The Hall–Kier alpha value is -2.73. The minimum Gasteiger partial charge on any atom is -0.503 e.